The first-order valence-corrected chi connectivity index (χ1v) is 18.4. The van der Waals surface area contributed by atoms with Crippen molar-refractivity contribution in [1.82, 2.24) is 14.7 Å². The number of benzene rings is 2. The number of rotatable bonds is 13. The number of hydrogen-bond donors (Lipinski definition) is 1. The van der Waals surface area contributed by atoms with Gasteiger partial charge in [0.05, 0.1) is 36.9 Å². The predicted molar refractivity (Wildman–Crippen MR) is 199 cm³/mol. The lowest BCUT2D eigenvalue weighted by Crippen LogP contribution is -2.64. The average Bonchev–Trinajstić information content (AvgIpc) is 3.41. The van der Waals surface area contributed by atoms with Crippen LogP contribution in [0.4, 0.5) is 9.59 Å². The molecule has 2 aliphatic heterocycles. The zero-order valence-electron chi connectivity index (χ0n) is 33.1. The third-order valence-corrected chi connectivity index (χ3v) is 10.7. The van der Waals surface area contributed by atoms with E-state index in [-0.39, 0.29) is 24.9 Å². The number of carbonyl (C=O) groups is 2. The Labute approximate surface area is 306 Å². The monoisotopic (exact) mass is 709 g/mol. The summed E-state index contributed by atoms with van der Waals surface area (Å²) in [6.45, 7) is 24.8. The lowest BCUT2D eigenvalue weighted by molar-refractivity contribution is -0.174. The van der Waals surface area contributed by atoms with Crippen molar-refractivity contribution >= 4 is 12.2 Å². The zero-order valence-corrected chi connectivity index (χ0v) is 33.1. The third kappa shape index (κ3) is 8.90. The first-order valence-electron chi connectivity index (χ1n) is 18.4. The van der Waals surface area contributed by atoms with Crippen molar-refractivity contribution in [3.63, 3.8) is 0 Å². The van der Waals surface area contributed by atoms with Gasteiger partial charge < -0.3 is 24.1 Å². The lowest BCUT2D eigenvalue weighted by atomic mass is 9.73. The molecule has 2 amide bonds. The van der Waals surface area contributed by atoms with Gasteiger partial charge in [0, 0.05) is 19.5 Å². The van der Waals surface area contributed by atoms with Crippen LogP contribution in [0.1, 0.15) is 101 Å². The van der Waals surface area contributed by atoms with Crippen LogP contribution in [0, 0.1) is 11.8 Å². The highest BCUT2D eigenvalue weighted by Gasteiger charge is 2.55. The number of ether oxygens (including phenoxy) is 4. The highest BCUT2D eigenvalue weighted by Crippen LogP contribution is 2.41. The number of carbonyl (C=O) groups excluding carboxylic acids is 2. The van der Waals surface area contributed by atoms with Gasteiger partial charge in [-0.1, -0.05) is 88.4 Å². The van der Waals surface area contributed by atoms with Gasteiger partial charge in [-0.15, -0.1) is 0 Å². The van der Waals surface area contributed by atoms with Gasteiger partial charge in [0.15, 0.2) is 0 Å². The van der Waals surface area contributed by atoms with Gasteiger partial charge in [-0.25, -0.2) is 9.59 Å². The zero-order chi connectivity index (χ0) is 38.0. The molecule has 0 saturated carbocycles. The smallest absolute Gasteiger partial charge is 0.413 e. The summed E-state index contributed by atoms with van der Waals surface area (Å²) in [5.41, 5.74) is -2.30. The maximum absolute atomic E-state index is 14.5. The second-order valence-electron chi connectivity index (χ2n) is 17.1. The van der Waals surface area contributed by atoms with Crippen LogP contribution >= 0.6 is 0 Å². The standard InChI is InChI=1S/C41H63N3O7/c1-29(2)41(47,30(3)4)34(51-36(46)44-38(7,8)28-50-40(44,11)12)33(23-24-48-35(45)43-37(5,6)27-49-39(43,9)10)42(25-31-19-15-13-16-20-31)26-32-21-17-14-18-22-32/h13-22,29-30,33-34,47H,23-28H2,1-12H3/t33-,34+/m0/s1. The molecule has 2 heterocycles. The number of nitrogens with zero attached hydrogens (tertiary/aromatic N) is 3. The maximum atomic E-state index is 14.5. The number of amides is 2. The van der Waals surface area contributed by atoms with Crippen LogP contribution in [-0.2, 0) is 32.0 Å². The van der Waals surface area contributed by atoms with E-state index in [1.165, 1.54) is 0 Å². The van der Waals surface area contributed by atoms with Gasteiger partial charge >= 0.3 is 12.2 Å². The van der Waals surface area contributed by atoms with Crippen molar-refractivity contribution in [3.05, 3.63) is 71.8 Å². The Morgan fingerprint density at radius 1 is 0.745 bits per heavy atom. The summed E-state index contributed by atoms with van der Waals surface area (Å²) in [5, 5.41) is 12.9. The summed E-state index contributed by atoms with van der Waals surface area (Å²) < 4.78 is 24.8. The molecule has 1 N–H and O–H groups in total. The predicted octanol–water partition coefficient (Wildman–Crippen LogP) is 7.83. The van der Waals surface area contributed by atoms with E-state index in [0.717, 1.165) is 11.1 Å². The fourth-order valence-corrected chi connectivity index (χ4v) is 8.11. The fourth-order valence-electron chi connectivity index (χ4n) is 8.11. The van der Waals surface area contributed by atoms with Gasteiger partial charge in [-0.2, -0.15) is 0 Å². The largest absolute Gasteiger partial charge is 0.449 e. The SMILES string of the molecule is CC(C)C(O)(C(C)C)[C@H](OC(=O)N1C(C)(C)COC1(C)C)[C@H](CCOC(=O)N1C(C)(C)COC1(C)C)N(Cc1ccccc1)Cc1ccccc1. The number of aliphatic hydroxyl groups is 1. The molecule has 4 rings (SSSR count). The Morgan fingerprint density at radius 2 is 1.16 bits per heavy atom. The average molecular weight is 710 g/mol. The molecule has 0 aliphatic carbocycles. The Bertz CT molecular complexity index is 1380. The normalized spacial score (nSPS) is 20.5. The summed E-state index contributed by atoms with van der Waals surface area (Å²) in [5.74, 6) is -0.593. The Hall–Kier alpha value is -3.18. The van der Waals surface area contributed by atoms with Gasteiger partial charge in [0.2, 0.25) is 0 Å². The van der Waals surface area contributed by atoms with Crippen LogP contribution in [-0.4, -0.2) is 92.1 Å². The molecule has 10 nitrogen and oxygen atoms in total. The summed E-state index contributed by atoms with van der Waals surface area (Å²) in [7, 11) is 0. The van der Waals surface area contributed by atoms with Crippen LogP contribution < -0.4 is 0 Å². The van der Waals surface area contributed by atoms with Crippen molar-refractivity contribution in [2.24, 2.45) is 11.8 Å². The van der Waals surface area contributed by atoms with E-state index in [1.807, 2.05) is 119 Å². The summed E-state index contributed by atoms with van der Waals surface area (Å²) in [4.78, 5) is 33.8. The van der Waals surface area contributed by atoms with Crippen molar-refractivity contribution < 1.29 is 33.6 Å². The molecule has 2 saturated heterocycles. The summed E-state index contributed by atoms with van der Waals surface area (Å²) in [6, 6.07) is 19.7. The van der Waals surface area contributed by atoms with Crippen molar-refractivity contribution in [3.8, 4) is 0 Å². The minimum absolute atomic E-state index is 0.0242. The van der Waals surface area contributed by atoms with Gasteiger partial charge in [0.1, 0.15) is 23.2 Å². The van der Waals surface area contributed by atoms with Crippen LogP contribution in [0.3, 0.4) is 0 Å². The fraction of sp³-hybridized carbons (Fsp3) is 0.659. The van der Waals surface area contributed by atoms with Crippen molar-refractivity contribution in [2.45, 2.75) is 143 Å². The first kappa shape index (κ1) is 40.6. The molecule has 284 valence electrons. The van der Waals surface area contributed by atoms with E-state index >= 15 is 0 Å². The van der Waals surface area contributed by atoms with E-state index in [9.17, 15) is 14.7 Å². The highest BCUT2D eigenvalue weighted by atomic mass is 16.6. The van der Waals surface area contributed by atoms with Crippen LogP contribution in [0.25, 0.3) is 0 Å². The second kappa shape index (κ2) is 15.4. The van der Waals surface area contributed by atoms with E-state index < -0.39 is 52.5 Å². The summed E-state index contributed by atoms with van der Waals surface area (Å²) in [6.07, 6.45) is -1.78. The molecular formula is C41H63N3O7. The lowest BCUT2D eigenvalue weighted by Gasteiger charge is -2.49. The Morgan fingerprint density at radius 3 is 1.53 bits per heavy atom. The molecule has 2 aromatic carbocycles. The molecule has 2 aromatic rings. The molecule has 51 heavy (non-hydrogen) atoms. The molecule has 0 bridgehead atoms. The molecule has 2 fully saturated rings. The first-order chi connectivity index (χ1) is 23.6. The van der Waals surface area contributed by atoms with Crippen molar-refractivity contribution in [2.75, 3.05) is 19.8 Å². The van der Waals surface area contributed by atoms with Gasteiger partial charge in [-0.3, -0.25) is 14.7 Å². The minimum Gasteiger partial charge on any atom is -0.449 e. The van der Waals surface area contributed by atoms with Gasteiger partial charge in [0.25, 0.3) is 0 Å². The van der Waals surface area contributed by atoms with E-state index in [4.69, 9.17) is 18.9 Å². The van der Waals surface area contributed by atoms with Crippen LogP contribution in [0.2, 0.25) is 0 Å². The molecule has 2 aliphatic rings. The molecule has 0 unspecified atom stereocenters. The van der Waals surface area contributed by atoms with Crippen LogP contribution in [0.15, 0.2) is 60.7 Å². The minimum atomic E-state index is -1.46. The van der Waals surface area contributed by atoms with E-state index in [2.05, 4.69) is 29.2 Å². The van der Waals surface area contributed by atoms with E-state index in [1.54, 1.807) is 9.80 Å². The summed E-state index contributed by atoms with van der Waals surface area (Å²) >= 11 is 0. The topological polar surface area (TPSA) is 101 Å². The van der Waals surface area contributed by atoms with Crippen LogP contribution in [0.5, 0.6) is 0 Å². The van der Waals surface area contributed by atoms with Crippen molar-refractivity contribution in [1.29, 1.82) is 0 Å². The third-order valence-electron chi connectivity index (χ3n) is 10.7. The highest BCUT2D eigenvalue weighted by molar-refractivity contribution is 5.71. The molecule has 10 heteroatoms. The molecular weight excluding hydrogens is 646 g/mol. The molecule has 0 aromatic heterocycles. The van der Waals surface area contributed by atoms with Gasteiger partial charge in [-0.05, 0) is 78.4 Å². The Balaban J connectivity index is 1.82. The van der Waals surface area contributed by atoms with E-state index in [0.29, 0.717) is 26.3 Å². The molecule has 0 spiro atoms. The molecule has 2 atom stereocenters. The quantitative estimate of drug-likeness (QED) is 0.225. The molecule has 0 radical (unpaired) electrons. The Kier molecular flexibility index (Phi) is 12.3. The maximum Gasteiger partial charge on any atom is 0.413 e. The number of hydrogen-bond acceptors (Lipinski definition) is 8. The second-order valence-corrected chi connectivity index (χ2v) is 17.1.